The molecule has 0 saturated heterocycles. The van der Waals surface area contributed by atoms with E-state index in [9.17, 15) is 5.11 Å². The predicted octanol–water partition coefficient (Wildman–Crippen LogP) is 4.85. The van der Waals surface area contributed by atoms with Crippen LogP contribution in [0.4, 0.5) is 0 Å². The van der Waals surface area contributed by atoms with Crippen molar-refractivity contribution in [1.82, 2.24) is 0 Å². The van der Waals surface area contributed by atoms with E-state index < -0.39 is 6.10 Å². The van der Waals surface area contributed by atoms with Gasteiger partial charge in [-0.3, -0.25) is 0 Å². The molecule has 0 fully saturated rings. The number of ether oxygens (including phenoxy) is 1. The Morgan fingerprint density at radius 3 is 2.32 bits per heavy atom. The van der Waals surface area contributed by atoms with Gasteiger partial charge in [0.1, 0.15) is 11.9 Å². The van der Waals surface area contributed by atoms with E-state index in [1.54, 1.807) is 43.5 Å². The summed E-state index contributed by atoms with van der Waals surface area (Å²) in [6.45, 7) is 0. The quantitative estimate of drug-likeness (QED) is 0.846. The van der Waals surface area contributed by atoms with Crippen LogP contribution in [0.3, 0.4) is 0 Å². The minimum Gasteiger partial charge on any atom is -0.497 e. The summed E-state index contributed by atoms with van der Waals surface area (Å²) >= 11 is 15.6. The number of aliphatic hydroxyl groups is 1. The highest BCUT2D eigenvalue weighted by Gasteiger charge is 2.19. The predicted molar refractivity (Wildman–Crippen MR) is 81.2 cm³/mol. The number of aliphatic hydroxyl groups excluding tert-OH is 1. The van der Waals surface area contributed by atoms with Crippen LogP contribution in [0.1, 0.15) is 17.2 Å². The highest BCUT2D eigenvalue weighted by atomic mass is 79.9. The van der Waals surface area contributed by atoms with Crippen LogP contribution in [-0.2, 0) is 0 Å². The molecule has 2 nitrogen and oxygen atoms in total. The highest BCUT2D eigenvalue weighted by molar-refractivity contribution is 9.10. The summed E-state index contributed by atoms with van der Waals surface area (Å²) in [7, 11) is 1.59. The molecule has 0 aliphatic heterocycles. The molecule has 0 radical (unpaired) electrons. The summed E-state index contributed by atoms with van der Waals surface area (Å²) in [5, 5.41) is 11.3. The molecule has 1 N–H and O–H groups in total. The molecule has 100 valence electrons. The van der Waals surface area contributed by atoms with Gasteiger partial charge in [-0.2, -0.15) is 0 Å². The van der Waals surface area contributed by atoms with Gasteiger partial charge in [0.15, 0.2) is 0 Å². The van der Waals surface area contributed by atoms with Crippen molar-refractivity contribution < 1.29 is 9.84 Å². The summed E-state index contributed by atoms with van der Waals surface area (Å²) in [6, 6.07) is 10.5. The molecule has 0 aliphatic rings. The van der Waals surface area contributed by atoms with Crippen LogP contribution in [0.5, 0.6) is 5.75 Å². The van der Waals surface area contributed by atoms with Gasteiger partial charge in [0.05, 0.1) is 7.11 Å². The van der Waals surface area contributed by atoms with E-state index in [1.807, 2.05) is 0 Å². The summed E-state index contributed by atoms with van der Waals surface area (Å²) in [5.74, 6) is 0.702. The fourth-order valence-electron chi connectivity index (χ4n) is 1.78. The van der Waals surface area contributed by atoms with E-state index in [1.165, 1.54) is 0 Å². The minimum absolute atomic E-state index is 0.433. The SMILES string of the molecule is COc1ccc(C(O)c2c(Cl)cccc2Cl)c(Br)c1. The van der Waals surface area contributed by atoms with Crippen molar-refractivity contribution >= 4 is 39.1 Å². The molecule has 2 aromatic rings. The first-order chi connectivity index (χ1) is 9.04. The van der Waals surface area contributed by atoms with Gasteiger partial charge in [-0.05, 0) is 29.8 Å². The standard InChI is InChI=1S/C14H11BrCl2O2/c1-19-8-5-6-9(10(15)7-8)14(18)13-11(16)3-2-4-12(13)17/h2-7,14,18H,1H3. The number of hydrogen-bond acceptors (Lipinski definition) is 2. The van der Waals surface area contributed by atoms with Crippen LogP contribution in [0.2, 0.25) is 10.0 Å². The maximum Gasteiger partial charge on any atom is 0.120 e. The Morgan fingerprint density at radius 1 is 1.16 bits per heavy atom. The largest absolute Gasteiger partial charge is 0.497 e. The Labute approximate surface area is 130 Å². The molecule has 2 aromatic carbocycles. The summed E-state index contributed by atoms with van der Waals surface area (Å²) in [6.07, 6.45) is -0.901. The lowest BCUT2D eigenvalue weighted by molar-refractivity contribution is 0.219. The first-order valence-corrected chi connectivity index (χ1v) is 7.05. The molecule has 0 bridgehead atoms. The lowest BCUT2D eigenvalue weighted by Gasteiger charge is -2.16. The lowest BCUT2D eigenvalue weighted by Crippen LogP contribution is -2.02. The zero-order valence-electron chi connectivity index (χ0n) is 10.0. The number of halogens is 3. The second-order valence-electron chi connectivity index (χ2n) is 3.93. The van der Waals surface area contributed by atoms with E-state index in [0.29, 0.717) is 26.9 Å². The van der Waals surface area contributed by atoms with Gasteiger partial charge in [0, 0.05) is 20.1 Å². The number of methoxy groups -OCH3 is 1. The number of benzene rings is 2. The van der Waals surface area contributed by atoms with Crippen LogP contribution in [-0.4, -0.2) is 12.2 Å². The Hall–Kier alpha value is -0.740. The van der Waals surface area contributed by atoms with Gasteiger partial charge in [-0.25, -0.2) is 0 Å². The number of hydrogen-bond donors (Lipinski definition) is 1. The van der Waals surface area contributed by atoms with Gasteiger partial charge < -0.3 is 9.84 Å². The van der Waals surface area contributed by atoms with Crippen molar-refractivity contribution in [3.8, 4) is 5.75 Å². The molecule has 5 heteroatoms. The molecule has 0 amide bonds. The second kappa shape index (κ2) is 6.14. The van der Waals surface area contributed by atoms with Crippen LogP contribution < -0.4 is 4.74 Å². The molecular formula is C14H11BrCl2O2. The molecule has 1 unspecified atom stereocenters. The molecule has 0 aliphatic carbocycles. The topological polar surface area (TPSA) is 29.5 Å². The van der Waals surface area contributed by atoms with Crippen LogP contribution in [0, 0.1) is 0 Å². The van der Waals surface area contributed by atoms with Gasteiger partial charge in [0.25, 0.3) is 0 Å². The molecule has 0 aromatic heterocycles. The van der Waals surface area contributed by atoms with E-state index in [2.05, 4.69) is 15.9 Å². The van der Waals surface area contributed by atoms with Crippen molar-refractivity contribution in [2.45, 2.75) is 6.10 Å². The van der Waals surface area contributed by atoms with Gasteiger partial charge in [-0.1, -0.05) is 51.3 Å². The highest BCUT2D eigenvalue weighted by Crippen LogP contribution is 2.37. The van der Waals surface area contributed by atoms with Gasteiger partial charge >= 0.3 is 0 Å². The average Bonchev–Trinajstić information content (AvgIpc) is 2.38. The summed E-state index contributed by atoms with van der Waals surface area (Å²) in [4.78, 5) is 0. The molecule has 0 spiro atoms. The van der Waals surface area contributed by atoms with Crippen LogP contribution in [0.15, 0.2) is 40.9 Å². The maximum atomic E-state index is 10.5. The van der Waals surface area contributed by atoms with Crippen molar-refractivity contribution in [1.29, 1.82) is 0 Å². The molecule has 19 heavy (non-hydrogen) atoms. The zero-order chi connectivity index (χ0) is 14.0. The smallest absolute Gasteiger partial charge is 0.120 e. The molecule has 2 rings (SSSR count). The third-order valence-electron chi connectivity index (χ3n) is 2.78. The van der Waals surface area contributed by atoms with Crippen molar-refractivity contribution in [2.75, 3.05) is 7.11 Å². The minimum atomic E-state index is -0.901. The van der Waals surface area contributed by atoms with E-state index in [0.717, 1.165) is 4.47 Å². The van der Waals surface area contributed by atoms with E-state index in [-0.39, 0.29) is 0 Å². The molecular weight excluding hydrogens is 351 g/mol. The van der Waals surface area contributed by atoms with Crippen LogP contribution in [0.25, 0.3) is 0 Å². The fraction of sp³-hybridized carbons (Fsp3) is 0.143. The second-order valence-corrected chi connectivity index (χ2v) is 5.59. The Morgan fingerprint density at radius 2 is 1.79 bits per heavy atom. The van der Waals surface area contributed by atoms with E-state index >= 15 is 0 Å². The van der Waals surface area contributed by atoms with Gasteiger partial charge in [0.2, 0.25) is 0 Å². The first kappa shape index (κ1) is 14.7. The molecule has 1 atom stereocenters. The van der Waals surface area contributed by atoms with Crippen LogP contribution >= 0.6 is 39.1 Å². The van der Waals surface area contributed by atoms with E-state index in [4.69, 9.17) is 27.9 Å². The third kappa shape index (κ3) is 3.06. The third-order valence-corrected chi connectivity index (χ3v) is 4.12. The Kier molecular flexibility index (Phi) is 4.74. The Bertz CT molecular complexity index is 582. The zero-order valence-corrected chi connectivity index (χ0v) is 13.1. The Balaban J connectivity index is 2.47. The fourth-order valence-corrected chi connectivity index (χ4v) is 2.96. The summed E-state index contributed by atoms with van der Waals surface area (Å²) < 4.78 is 5.85. The maximum absolute atomic E-state index is 10.5. The van der Waals surface area contributed by atoms with Gasteiger partial charge in [-0.15, -0.1) is 0 Å². The summed E-state index contributed by atoms with van der Waals surface area (Å²) in [5.41, 5.74) is 1.17. The molecule has 0 heterocycles. The number of rotatable bonds is 3. The average molecular weight is 362 g/mol. The lowest BCUT2D eigenvalue weighted by atomic mass is 10.0. The van der Waals surface area contributed by atoms with Crippen molar-refractivity contribution in [2.24, 2.45) is 0 Å². The normalized spacial score (nSPS) is 12.3. The van der Waals surface area contributed by atoms with Crippen molar-refractivity contribution in [3.63, 3.8) is 0 Å². The monoisotopic (exact) mass is 360 g/mol. The molecule has 0 saturated carbocycles. The van der Waals surface area contributed by atoms with Crippen molar-refractivity contribution in [3.05, 3.63) is 62.0 Å². The first-order valence-electron chi connectivity index (χ1n) is 5.50.